The van der Waals surface area contributed by atoms with Crippen LogP contribution in [0.2, 0.25) is 0 Å². The van der Waals surface area contributed by atoms with Crippen LogP contribution < -0.4 is 0 Å². The van der Waals surface area contributed by atoms with Gasteiger partial charge in [0.05, 0.1) is 11.6 Å². The first-order valence-electron chi connectivity index (χ1n) is 20.3. The molecule has 7 aromatic carbocycles. The van der Waals surface area contributed by atoms with E-state index in [1.165, 1.54) is 5.56 Å². The first-order chi connectivity index (χ1) is 30.1. The van der Waals surface area contributed by atoms with Gasteiger partial charge >= 0.3 is 0 Å². The summed E-state index contributed by atoms with van der Waals surface area (Å²) in [6, 6.07) is 61.0. The van der Waals surface area contributed by atoms with E-state index in [9.17, 15) is 5.26 Å². The molecule has 1 aliphatic rings. The molecule has 0 saturated carbocycles. The van der Waals surface area contributed by atoms with Gasteiger partial charge in [0.15, 0.2) is 34.9 Å². The van der Waals surface area contributed by atoms with Crippen molar-refractivity contribution in [1.82, 2.24) is 29.9 Å². The van der Waals surface area contributed by atoms with Crippen molar-refractivity contribution in [2.24, 2.45) is 0 Å². The second kappa shape index (κ2) is 16.2. The molecule has 1 aliphatic carbocycles. The molecule has 0 aliphatic heterocycles. The highest BCUT2D eigenvalue weighted by Crippen LogP contribution is 2.41. The molecule has 0 radical (unpaired) electrons. The molecule has 2 heterocycles. The number of hydrogen-bond donors (Lipinski definition) is 0. The number of allylic oxidation sites excluding steroid dienone is 1. The number of nitriles is 1. The lowest BCUT2D eigenvalue weighted by atomic mass is 9.86. The third-order valence-corrected chi connectivity index (χ3v) is 11.1. The van der Waals surface area contributed by atoms with Crippen LogP contribution in [0.5, 0.6) is 0 Å². The molecule has 10 rings (SSSR count). The molecule has 7 heteroatoms. The number of benzene rings is 7. The Bertz CT molecular complexity index is 3060. The van der Waals surface area contributed by atoms with Crippen LogP contribution in [0.15, 0.2) is 182 Å². The SMILES string of the molecule is CC1CC=Cc2c(-c3nc(-c4ccccc4)nc(-c4ccccc4-c4ccc(-c5nc(-c6ccccc6)nc(-c6ccccc6)n5)cc4-c4ccc(C#N)cc4)n3)cccc21. The zero-order valence-electron chi connectivity index (χ0n) is 33.3. The van der Waals surface area contributed by atoms with E-state index in [4.69, 9.17) is 29.9 Å². The van der Waals surface area contributed by atoms with Gasteiger partial charge in [-0.1, -0.05) is 177 Å². The van der Waals surface area contributed by atoms with Gasteiger partial charge in [-0.05, 0) is 63.9 Å². The topological polar surface area (TPSA) is 101 Å². The van der Waals surface area contributed by atoms with Gasteiger partial charge in [0.2, 0.25) is 0 Å². The maximum Gasteiger partial charge on any atom is 0.164 e. The second-order valence-corrected chi connectivity index (χ2v) is 15.1. The van der Waals surface area contributed by atoms with Crippen molar-refractivity contribution in [2.75, 3.05) is 0 Å². The van der Waals surface area contributed by atoms with Crippen LogP contribution in [0.25, 0.3) is 96.7 Å². The Kier molecular flexibility index (Phi) is 9.85. The van der Waals surface area contributed by atoms with E-state index in [1.54, 1.807) is 0 Å². The Morgan fingerprint density at radius 2 is 0.869 bits per heavy atom. The molecule has 0 saturated heterocycles. The maximum atomic E-state index is 9.72. The number of aromatic nitrogens is 6. The maximum absolute atomic E-state index is 9.72. The summed E-state index contributed by atoms with van der Waals surface area (Å²) in [6.45, 7) is 2.26. The van der Waals surface area contributed by atoms with Crippen molar-refractivity contribution in [3.05, 3.63) is 199 Å². The van der Waals surface area contributed by atoms with Crippen LogP contribution in [-0.4, -0.2) is 29.9 Å². The van der Waals surface area contributed by atoms with Gasteiger partial charge in [0.25, 0.3) is 0 Å². The summed E-state index contributed by atoms with van der Waals surface area (Å²) in [7, 11) is 0. The molecule has 9 aromatic rings. The van der Waals surface area contributed by atoms with Gasteiger partial charge in [-0.15, -0.1) is 0 Å². The molecule has 0 spiro atoms. The van der Waals surface area contributed by atoms with Gasteiger partial charge in [0.1, 0.15) is 0 Å². The van der Waals surface area contributed by atoms with Gasteiger partial charge in [-0.25, -0.2) is 29.9 Å². The van der Waals surface area contributed by atoms with Crippen LogP contribution in [0, 0.1) is 11.3 Å². The fourth-order valence-electron chi connectivity index (χ4n) is 7.98. The number of rotatable bonds is 8. The number of nitrogens with zero attached hydrogens (tertiary/aromatic N) is 7. The lowest BCUT2D eigenvalue weighted by molar-refractivity contribution is 0.772. The van der Waals surface area contributed by atoms with E-state index >= 15 is 0 Å². The normalized spacial score (nSPS) is 13.0. The van der Waals surface area contributed by atoms with Gasteiger partial charge in [0, 0.05) is 33.4 Å². The fraction of sp³-hybridized carbons (Fsp3) is 0.0556. The largest absolute Gasteiger partial charge is 0.208 e. The van der Waals surface area contributed by atoms with Crippen LogP contribution >= 0.6 is 0 Å². The van der Waals surface area contributed by atoms with Crippen LogP contribution in [0.4, 0.5) is 0 Å². The Morgan fingerprint density at radius 3 is 1.46 bits per heavy atom. The molecule has 61 heavy (non-hydrogen) atoms. The minimum absolute atomic E-state index is 0.395. The van der Waals surface area contributed by atoms with Gasteiger partial charge in [-0.3, -0.25) is 0 Å². The van der Waals surface area contributed by atoms with Crippen molar-refractivity contribution in [3.63, 3.8) is 0 Å². The summed E-state index contributed by atoms with van der Waals surface area (Å²) in [5.74, 6) is 3.90. The summed E-state index contributed by atoms with van der Waals surface area (Å²) in [4.78, 5) is 30.6. The van der Waals surface area contributed by atoms with Crippen molar-refractivity contribution in [1.29, 1.82) is 5.26 Å². The van der Waals surface area contributed by atoms with Gasteiger partial charge < -0.3 is 0 Å². The molecular weight excluding hydrogens is 747 g/mol. The van der Waals surface area contributed by atoms with E-state index in [0.29, 0.717) is 46.4 Å². The lowest BCUT2D eigenvalue weighted by Gasteiger charge is -2.20. The first-order valence-corrected chi connectivity index (χ1v) is 20.3. The molecule has 1 atom stereocenters. The predicted octanol–water partition coefficient (Wildman–Crippen LogP) is 12.8. The summed E-state index contributed by atoms with van der Waals surface area (Å²) < 4.78 is 0. The molecule has 7 nitrogen and oxygen atoms in total. The average molecular weight is 784 g/mol. The Labute approximate surface area is 354 Å². The van der Waals surface area contributed by atoms with Crippen LogP contribution in [0.3, 0.4) is 0 Å². The smallest absolute Gasteiger partial charge is 0.164 e. The first kappa shape index (κ1) is 37.1. The van der Waals surface area contributed by atoms with E-state index in [-0.39, 0.29) is 0 Å². The molecule has 288 valence electrons. The van der Waals surface area contributed by atoms with Gasteiger partial charge in [-0.2, -0.15) is 5.26 Å². The zero-order valence-corrected chi connectivity index (χ0v) is 33.3. The molecule has 1 unspecified atom stereocenters. The molecule has 2 aromatic heterocycles. The predicted molar refractivity (Wildman–Crippen MR) is 243 cm³/mol. The van der Waals surface area contributed by atoms with Crippen molar-refractivity contribution in [3.8, 4) is 96.7 Å². The Balaban J connectivity index is 1.17. The lowest BCUT2D eigenvalue weighted by Crippen LogP contribution is -2.05. The highest BCUT2D eigenvalue weighted by atomic mass is 15.0. The number of hydrogen-bond acceptors (Lipinski definition) is 7. The van der Waals surface area contributed by atoms with E-state index in [0.717, 1.165) is 67.6 Å². The Hall–Kier alpha value is -8.21. The monoisotopic (exact) mass is 783 g/mol. The third-order valence-electron chi connectivity index (χ3n) is 11.1. The highest BCUT2D eigenvalue weighted by molar-refractivity contribution is 5.93. The number of fused-ring (bicyclic) bond motifs is 1. The summed E-state index contributed by atoms with van der Waals surface area (Å²) in [5.41, 5.74) is 12.2. The second-order valence-electron chi connectivity index (χ2n) is 15.1. The molecular formula is C54H37N7. The molecule has 0 N–H and O–H groups in total. The van der Waals surface area contributed by atoms with Crippen LogP contribution in [-0.2, 0) is 0 Å². The highest BCUT2D eigenvalue weighted by Gasteiger charge is 2.22. The molecule has 0 amide bonds. The zero-order chi connectivity index (χ0) is 41.1. The van der Waals surface area contributed by atoms with Crippen molar-refractivity contribution < 1.29 is 0 Å². The molecule has 0 bridgehead atoms. The van der Waals surface area contributed by atoms with Crippen molar-refractivity contribution >= 4 is 6.08 Å². The summed E-state index contributed by atoms with van der Waals surface area (Å²) >= 11 is 0. The Morgan fingerprint density at radius 1 is 0.410 bits per heavy atom. The minimum atomic E-state index is 0.395. The minimum Gasteiger partial charge on any atom is -0.208 e. The standard InChI is InChI=1S/C54H37N7/c1-35-15-13-25-43-42(35)24-14-26-47(43)54-60-51(40-20-9-4-10-21-40)59-53(61-54)46-23-12-11-22-44(46)45-32-31-41(33-48(45)37-29-27-36(34-55)28-30-37)52-57-49(38-16-5-2-6-17-38)56-50(58-52)39-18-7-3-8-19-39/h2-14,16-33,35H,15H2,1H3. The van der Waals surface area contributed by atoms with E-state index in [2.05, 4.69) is 73.7 Å². The van der Waals surface area contributed by atoms with Crippen LogP contribution in [0.1, 0.15) is 36.0 Å². The average Bonchev–Trinajstić information content (AvgIpc) is 3.34. The molecule has 0 fully saturated rings. The summed E-state index contributed by atoms with van der Waals surface area (Å²) in [5, 5.41) is 9.72. The van der Waals surface area contributed by atoms with Crippen molar-refractivity contribution in [2.45, 2.75) is 19.3 Å². The third kappa shape index (κ3) is 7.39. The van der Waals surface area contributed by atoms with E-state index < -0.39 is 0 Å². The van der Waals surface area contributed by atoms with E-state index in [1.807, 2.05) is 127 Å². The fourth-order valence-corrected chi connectivity index (χ4v) is 7.98. The summed E-state index contributed by atoms with van der Waals surface area (Å²) in [6.07, 6.45) is 5.44. The quantitative estimate of drug-likeness (QED) is 0.151.